The molecule has 3 aromatic heterocycles. The zero-order valence-electron chi connectivity index (χ0n) is 9.60. The van der Waals surface area contributed by atoms with Crippen LogP contribution >= 0.6 is 11.6 Å². The number of anilines is 1. The summed E-state index contributed by atoms with van der Waals surface area (Å²) in [6, 6.07) is 3.76. The molecule has 0 saturated heterocycles. The Labute approximate surface area is 109 Å². The minimum Gasteiger partial charge on any atom is -0.368 e. The molecule has 3 heterocycles. The normalized spacial score (nSPS) is 10.9. The number of rotatable bonds is 4. The number of nitrogens with one attached hydrogen (secondary N) is 2. The van der Waals surface area contributed by atoms with E-state index in [1.165, 1.54) is 0 Å². The number of hydrogen-bond acceptors (Lipinski definition) is 3. The molecule has 0 radical (unpaired) electrons. The molecular weight excluding hydrogens is 250 g/mol. The van der Waals surface area contributed by atoms with E-state index in [4.69, 9.17) is 11.6 Å². The van der Waals surface area contributed by atoms with Crippen LogP contribution in [-0.4, -0.2) is 26.1 Å². The van der Waals surface area contributed by atoms with E-state index < -0.39 is 0 Å². The van der Waals surface area contributed by atoms with Crippen LogP contribution in [0.2, 0.25) is 5.02 Å². The van der Waals surface area contributed by atoms with E-state index in [1.807, 2.05) is 29.1 Å². The quantitative estimate of drug-likeness (QED) is 0.759. The largest absolute Gasteiger partial charge is 0.368 e. The Bertz CT molecular complexity index is 644. The lowest BCUT2D eigenvalue weighted by atomic mass is 10.3. The molecule has 18 heavy (non-hydrogen) atoms. The van der Waals surface area contributed by atoms with Crippen LogP contribution in [-0.2, 0) is 6.54 Å². The van der Waals surface area contributed by atoms with Crippen LogP contribution in [0.25, 0.3) is 11.0 Å². The van der Waals surface area contributed by atoms with Crippen molar-refractivity contribution < 1.29 is 0 Å². The molecule has 3 rings (SSSR count). The van der Waals surface area contributed by atoms with Crippen molar-refractivity contribution in [3.63, 3.8) is 0 Å². The van der Waals surface area contributed by atoms with Gasteiger partial charge in [0.25, 0.3) is 0 Å². The summed E-state index contributed by atoms with van der Waals surface area (Å²) >= 11 is 6.17. The Balaban J connectivity index is 1.70. The van der Waals surface area contributed by atoms with Crippen molar-refractivity contribution >= 4 is 28.5 Å². The molecule has 0 amide bonds. The van der Waals surface area contributed by atoms with Crippen molar-refractivity contribution in [1.82, 2.24) is 19.5 Å². The second-order valence-corrected chi connectivity index (χ2v) is 4.36. The summed E-state index contributed by atoms with van der Waals surface area (Å²) in [5, 5.41) is 4.88. The molecule has 0 saturated carbocycles. The fourth-order valence-electron chi connectivity index (χ4n) is 1.82. The first-order valence-corrected chi connectivity index (χ1v) is 6.04. The highest BCUT2D eigenvalue weighted by Gasteiger charge is 2.04. The summed E-state index contributed by atoms with van der Waals surface area (Å²) in [5.74, 6) is 0.773. The standard InChI is InChI=1S/C12H12ClN5/c13-10-7-11(17-12-9(10)1-2-16-12)15-4-6-18-5-3-14-8-18/h1-3,5,7-8H,4,6H2,(H2,15,16,17). The van der Waals surface area contributed by atoms with Crippen LogP contribution in [0.1, 0.15) is 0 Å². The molecule has 0 bridgehead atoms. The van der Waals surface area contributed by atoms with E-state index in [0.717, 1.165) is 29.9 Å². The molecule has 2 N–H and O–H groups in total. The van der Waals surface area contributed by atoms with Crippen LogP contribution in [0.3, 0.4) is 0 Å². The van der Waals surface area contributed by atoms with Gasteiger partial charge in [0.05, 0.1) is 11.3 Å². The van der Waals surface area contributed by atoms with Crippen LogP contribution in [0.4, 0.5) is 5.82 Å². The molecule has 6 heteroatoms. The third-order valence-corrected chi connectivity index (χ3v) is 3.03. The average molecular weight is 262 g/mol. The van der Waals surface area contributed by atoms with Gasteiger partial charge in [0.2, 0.25) is 0 Å². The van der Waals surface area contributed by atoms with Gasteiger partial charge < -0.3 is 14.9 Å². The molecule has 3 aromatic rings. The van der Waals surface area contributed by atoms with E-state index in [2.05, 4.69) is 20.3 Å². The smallest absolute Gasteiger partial charge is 0.141 e. The minimum absolute atomic E-state index is 0.700. The number of pyridine rings is 1. The fourth-order valence-corrected chi connectivity index (χ4v) is 2.07. The first-order chi connectivity index (χ1) is 8.83. The van der Waals surface area contributed by atoms with Gasteiger partial charge in [-0.15, -0.1) is 0 Å². The molecule has 0 aliphatic rings. The summed E-state index contributed by atoms with van der Waals surface area (Å²) in [4.78, 5) is 11.5. The minimum atomic E-state index is 0.700. The van der Waals surface area contributed by atoms with Crippen LogP contribution < -0.4 is 5.32 Å². The fraction of sp³-hybridized carbons (Fsp3) is 0.167. The predicted octanol–water partition coefficient (Wildman–Crippen LogP) is 2.52. The van der Waals surface area contributed by atoms with Gasteiger partial charge in [-0.1, -0.05) is 11.6 Å². The van der Waals surface area contributed by atoms with Gasteiger partial charge in [0, 0.05) is 37.1 Å². The topological polar surface area (TPSA) is 58.5 Å². The first-order valence-electron chi connectivity index (χ1n) is 5.66. The van der Waals surface area contributed by atoms with Gasteiger partial charge in [0.15, 0.2) is 0 Å². The second-order valence-electron chi connectivity index (χ2n) is 3.96. The third-order valence-electron chi connectivity index (χ3n) is 2.71. The highest BCUT2D eigenvalue weighted by Crippen LogP contribution is 2.23. The molecule has 0 unspecified atom stereocenters. The molecule has 0 atom stereocenters. The monoisotopic (exact) mass is 261 g/mol. The van der Waals surface area contributed by atoms with Gasteiger partial charge in [-0.25, -0.2) is 9.97 Å². The zero-order chi connectivity index (χ0) is 12.4. The van der Waals surface area contributed by atoms with Gasteiger partial charge in [-0.05, 0) is 12.1 Å². The maximum Gasteiger partial charge on any atom is 0.141 e. The first kappa shape index (κ1) is 11.1. The van der Waals surface area contributed by atoms with Crippen LogP contribution in [0.5, 0.6) is 0 Å². The summed E-state index contributed by atoms with van der Waals surface area (Å²) in [7, 11) is 0. The van der Waals surface area contributed by atoms with Crippen molar-refractivity contribution in [1.29, 1.82) is 0 Å². The van der Waals surface area contributed by atoms with E-state index in [-0.39, 0.29) is 0 Å². The molecule has 0 aliphatic heterocycles. The van der Waals surface area contributed by atoms with E-state index in [9.17, 15) is 0 Å². The lowest BCUT2D eigenvalue weighted by Gasteiger charge is -2.07. The number of fused-ring (bicyclic) bond motifs is 1. The third kappa shape index (κ3) is 2.17. The Hall–Kier alpha value is -2.01. The van der Waals surface area contributed by atoms with Crippen molar-refractivity contribution in [2.45, 2.75) is 6.54 Å². The average Bonchev–Trinajstić information content (AvgIpc) is 2.99. The predicted molar refractivity (Wildman–Crippen MR) is 71.8 cm³/mol. The number of imidazole rings is 1. The van der Waals surface area contributed by atoms with Crippen molar-refractivity contribution in [3.05, 3.63) is 42.1 Å². The molecule has 0 aliphatic carbocycles. The number of halogens is 1. The van der Waals surface area contributed by atoms with E-state index in [1.54, 1.807) is 12.5 Å². The van der Waals surface area contributed by atoms with Crippen LogP contribution in [0, 0.1) is 0 Å². The Kier molecular flexibility index (Phi) is 2.90. The number of aromatic nitrogens is 4. The van der Waals surface area contributed by atoms with Crippen molar-refractivity contribution in [2.24, 2.45) is 0 Å². The SMILES string of the molecule is Clc1cc(NCCn2ccnc2)nc2[nH]ccc12. The highest BCUT2D eigenvalue weighted by molar-refractivity contribution is 6.35. The zero-order valence-corrected chi connectivity index (χ0v) is 10.4. The number of hydrogen-bond donors (Lipinski definition) is 2. The van der Waals surface area contributed by atoms with Gasteiger partial charge in [-0.2, -0.15) is 0 Å². The molecule has 5 nitrogen and oxygen atoms in total. The van der Waals surface area contributed by atoms with Gasteiger partial charge >= 0.3 is 0 Å². The second kappa shape index (κ2) is 4.70. The summed E-state index contributed by atoms with van der Waals surface area (Å²) in [6.07, 6.45) is 7.31. The highest BCUT2D eigenvalue weighted by atomic mass is 35.5. The van der Waals surface area contributed by atoms with E-state index >= 15 is 0 Å². The molecule has 0 spiro atoms. The van der Waals surface area contributed by atoms with Gasteiger partial charge in [-0.3, -0.25) is 0 Å². The van der Waals surface area contributed by atoms with Gasteiger partial charge in [0.1, 0.15) is 11.5 Å². The lowest BCUT2D eigenvalue weighted by Crippen LogP contribution is -2.10. The molecule has 0 aromatic carbocycles. The molecular formula is C12H12ClN5. The summed E-state index contributed by atoms with van der Waals surface area (Å²) < 4.78 is 2.00. The molecule has 92 valence electrons. The van der Waals surface area contributed by atoms with Crippen molar-refractivity contribution in [3.8, 4) is 0 Å². The number of H-pyrrole nitrogens is 1. The van der Waals surface area contributed by atoms with Crippen molar-refractivity contribution in [2.75, 3.05) is 11.9 Å². The molecule has 0 fully saturated rings. The van der Waals surface area contributed by atoms with Crippen LogP contribution in [0.15, 0.2) is 37.1 Å². The maximum absolute atomic E-state index is 6.17. The summed E-state index contributed by atoms with van der Waals surface area (Å²) in [5.41, 5.74) is 0.799. The summed E-state index contributed by atoms with van der Waals surface area (Å²) in [6.45, 7) is 1.61. The number of aromatic amines is 1. The Morgan fingerprint density at radius 2 is 2.39 bits per heavy atom. The Morgan fingerprint density at radius 1 is 1.44 bits per heavy atom. The number of nitrogens with zero attached hydrogens (tertiary/aromatic N) is 3. The Morgan fingerprint density at radius 3 is 3.22 bits per heavy atom. The lowest BCUT2D eigenvalue weighted by molar-refractivity contribution is 0.725. The van der Waals surface area contributed by atoms with E-state index in [0.29, 0.717) is 5.02 Å². The maximum atomic E-state index is 6.17.